The van der Waals surface area contributed by atoms with Gasteiger partial charge in [0.25, 0.3) is 0 Å². The van der Waals surface area contributed by atoms with Gasteiger partial charge in [0, 0.05) is 18.8 Å². The van der Waals surface area contributed by atoms with Crippen LogP contribution in [0.15, 0.2) is 11.6 Å². The number of hydrogen-bond donors (Lipinski definition) is 0. The summed E-state index contributed by atoms with van der Waals surface area (Å²) in [4.78, 5) is 22.9. The average molecular weight is 354 g/mol. The Morgan fingerprint density at radius 1 is 1.19 bits per heavy atom. The molecule has 3 saturated carbocycles. The molecule has 3 fully saturated rings. The number of terminal acetylenes is 1. The van der Waals surface area contributed by atoms with Crippen molar-refractivity contribution in [1.82, 2.24) is 0 Å². The van der Waals surface area contributed by atoms with Crippen LogP contribution in [0, 0.1) is 47.3 Å². The lowest BCUT2D eigenvalue weighted by molar-refractivity contribution is -0.141. The first-order valence-electron chi connectivity index (χ1n) is 10.4. The van der Waals surface area contributed by atoms with Crippen molar-refractivity contribution in [2.75, 3.05) is 6.61 Å². The molecule has 0 saturated heterocycles. The van der Waals surface area contributed by atoms with Crippen molar-refractivity contribution in [1.29, 1.82) is 0 Å². The van der Waals surface area contributed by atoms with Gasteiger partial charge in [0.15, 0.2) is 5.78 Å². The molecule has 0 aromatic carbocycles. The van der Waals surface area contributed by atoms with Gasteiger partial charge in [-0.15, -0.1) is 6.42 Å². The van der Waals surface area contributed by atoms with Crippen molar-refractivity contribution in [2.24, 2.45) is 35.0 Å². The van der Waals surface area contributed by atoms with Crippen molar-refractivity contribution in [2.45, 2.75) is 64.7 Å². The number of fused-ring (bicyclic) bond motifs is 5. The van der Waals surface area contributed by atoms with Crippen LogP contribution in [0.1, 0.15) is 64.7 Å². The number of carbonyl (C=O) groups excluding carboxylic acids is 2. The quantitative estimate of drug-likeness (QED) is 0.560. The Balaban J connectivity index is 1.50. The number of esters is 1. The molecule has 0 N–H and O–H groups in total. The van der Waals surface area contributed by atoms with Crippen LogP contribution in [0.2, 0.25) is 0 Å². The number of allylic oxidation sites excluding steroid dienone is 1. The van der Waals surface area contributed by atoms with E-state index in [1.165, 1.54) is 38.2 Å². The fourth-order valence-corrected chi connectivity index (χ4v) is 6.94. The van der Waals surface area contributed by atoms with Crippen LogP contribution in [-0.4, -0.2) is 18.4 Å². The van der Waals surface area contributed by atoms with E-state index in [1.54, 1.807) is 0 Å². The molecule has 0 spiro atoms. The first-order valence-corrected chi connectivity index (χ1v) is 10.4. The van der Waals surface area contributed by atoms with Crippen LogP contribution in [0.25, 0.3) is 0 Å². The average Bonchev–Trinajstić information content (AvgIpc) is 3.00. The van der Waals surface area contributed by atoms with Gasteiger partial charge in [0.1, 0.15) is 0 Å². The Hall–Kier alpha value is -1.56. The zero-order valence-corrected chi connectivity index (χ0v) is 15.8. The summed E-state index contributed by atoms with van der Waals surface area (Å²) in [6, 6.07) is 0. The maximum Gasteiger partial charge on any atom is 0.302 e. The molecule has 140 valence electrons. The fraction of sp³-hybridized carbons (Fsp3) is 0.739. The third kappa shape index (κ3) is 2.92. The van der Waals surface area contributed by atoms with E-state index in [-0.39, 0.29) is 11.4 Å². The van der Waals surface area contributed by atoms with Gasteiger partial charge in [-0.1, -0.05) is 11.5 Å². The summed E-state index contributed by atoms with van der Waals surface area (Å²) in [5.41, 5.74) is 1.36. The largest absolute Gasteiger partial charge is 0.466 e. The topological polar surface area (TPSA) is 43.4 Å². The summed E-state index contributed by atoms with van der Waals surface area (Å²) >= 11 is 0. The molecule has 0 amide bonds. The molecule has 6 atom stereocenters. The molecule has 4 aliphatic rings. The maximum absolute atomic E-state index is 11.8. The standard InChI is InChI=1S/C23H30O3/c1-3-23(12-13-26-15(2)24)11-10-21-20-6-4-16-14-17(25)5-7-18(16)19(20)8-9-22(21)23/h1,14,18-22H,4-13H2,2H3/t18-,19+,20+,21-,22-,23+/m0/s1. The normalized spacial score (nSPS) is 41.3. The summed E-state index contributed by atoms with van der Waals surface area (Å²) < 4.78 is 5.22. The molecule has 0 aromatic rings. The van der Waals surface area contributed by atoms with Gasteiger partial charge in [-0.3, -0.25) is 9.59 Å². The molecule has 0 radical (unpaired) electrons. The van der Waals surface area contributed by atoms with Gasteiger partial charge < -0.3 is 4.74 Å². The van der Waals surface area contributed by atoms with Crippen molar-refractivity contribution < 1.29 is 14.3 Å². The summed E-state index contributed by atoms with van der Waals surface area (Å²) in [6.07, 6.45) is 17.7. The Kier molecular flexibility index (Phi) is 4.71. The molecule has 0 aromatic heterocycles. The van der Waals surface area contributed by atoms with E-state index in [9.17, 15) is 9.59 Å². The van der Waals surface area contributed by atoms with Gasteiger partial charge in [-0.2, -0.15) is 0 Å². The van der Waals surface area contributed by atoms with Crippen molar-refractivity contribution in [3.05, 3.63) is 11.6 Å². The lowest BCUT2D eigenvalue weighted by atomic mass is 9.54. The number of ether oxygens (including phenoxy) is 1. The van der Waals surface area contributed by atoms with E-state index in [4.69, 9.17) is 11.2 Å². The Morgan fingerprint density at radius 2 is 2.04 bits per heavy atom. The third-order valence-electron chi connectivity index (χ3n) is 8.01. The molecule has 4 rings (SSSR count). The molecule has 0 bridgehead atoms. The number of ketones is 1. The van der Waals surface area contributed by atoms with Crippen LogP contribution in [0.3, 0.4) is 0 Å². The van der Waals surface area contributed by atoms with E-state index >= 15 is 0 Å². The second-order valence-corrected chi connectivity index (χ2v) is 8.97. The Bertz CT molecular complexity index is 669. The van der Waals surface area contributed by atoms with Crippen LogP contribution >= 0.6 is 0 Å². The van der Waals surface area contributed by atoms with Gasteiger partial charge >= 0.3 is 5.97 Å². The fourth-order valence-electron chi connectivity index (χ4n) is 6.94. The Labute approximate surface area is 156 Å². The van der Waals surface area contributed by atoms with Crippen LogP contribution in [-0.2, 0) is 14.3 Å². The minimum absolute atomic E-state index is 0.0796. The SMILES string of the molecule is C#C[C@]1(CCOC(C)=O)CC[C@H]2[C@@H]3CCC4=CC(=O)CC[C@@H]4[C@H]3CC[C@@H]21. The second-order valence-electron chi connectivity index (χ2n) is 8.97. The highest BCUT2D eigenvalue weighted by atomic mass is 16.5. The number of hydrogen-bond acceptors (Lipinski definition) is 3. The smallest absolute Gasteiger partial charge is 0.302 e. The van der Waals surface area contributed by atoms with Gasteiger partial charge in [0.05, 0.1) is 6.61 Å². The summed E-state index contributed by atoms with van der Waals surface area (Å²) in [5, 5.41) is 0. The lowest BCUT2D eigenvalue weighted by Crippen LogP contribution is -2.43. The third-order valence-corrected chi connectivity index (χ3v) is 8.01. The van der Waals surface area contributed by atoms with Gasteiger partial charge in [0.2, 0.25) is 0 Å². The molecular formula is C23H30O3. The van der Waals surface area contributed by atoms with Gasteiger partial charge in [-0.25, -0.2) is 0 Å². The summed E-state index contributed by atoms with van der Waals surface area (Å²) in [7, 11) is 0. The predicted octanol–water partition coefficient (Wildman–Crippen LogP) is 4.31. The highest BCUT2D eigenvalue weighted by Crippen LogP contribution is 2.62. The minimum atomic E-state index is -0.214. The summed E-state index contributed by atoms with van der Waals surface area (Å²) in [6.45, 7) is 1.92. The monoisotopic (exact) mass is 354 g/mol. The first kappa shape index (κ1) is 17.8. The van der Waals surface area contributed by atoms with Crippen LogP contribution < -0.4 is 0 Å². The molecule has 26 heavy (non-hydrogen) atoms. The second kappa shape index (κ2) is 6.87. The number of rotatable bonds is 3. The van der Waals surface area contributed by atoms with Crippen molar-refractivity contribution in [3.8, 4) is 12.3 Å². The van der Waals surface area contributed by atoms with E-state index in [0.717, 1.165) is 49.9 Å². The Morgan fingerprint density at radius 3 is 2.81 bits per heavy atom. The van der Waals surface area contributed by atoms with Gasteiger partial charge in [-0.05, 0) is 87.0 Å². The van der Waals surface area contributed by atoms with E-state index < -0.39 is 0 Å². The maximum atomic E-state index is 11.8. The molecule has 3 heteroatoms. The zero-order valence-electron chi connectivity index (χ0n) is 15.8. The molecule has 4 aliphatic carbocycles. The molecule has 0 heterocycles. The molecule has 0 unspecified atom stereocenters. The summed E-state index contributed by atoms with van der Waals surface area (Å²) in [5.74, 6) is 6.76. The number of carbonyl (C=O) groups is 2. The molecule has 3 nitrogen and oxygen atoms in total. The minimum Gasteiger partial charge on any atom is -0.466 e. The predicted molar refractivity (Wildman–Crippen MR) is 100.0 cm³/mol. The highest BCUT2D eigenvalue weighted by molar-refractivity contribution is 5.91. The van der Waals surface area contributed by atoms with Crippen LogP contribution in [0.4, 0.5) is 0 Å². The first-order chi connectivity index (χ1) is 12.5. The van der Waals surface area contributed by atoms with E-state index in [1.807, 2.05) is 6.08 Å². The van der Waals surface area contributed by atoms with Crippen molar-refractivity contribution >= 4 is 11.8 Å². The van der Waals surface area contributed by atoms with Crippen LogP contribution in [0.5, 0.6) is 0 Å². The van der Waals surface area contributed by atoms with Crippen molar-refractivity contribution in [3.63, 3.8) is 0 Å². The van der Waals surface area contributed by atoms with E-state index in [0.29, 0.717) is 24.2 Å². The highest BCUT2D eigenvalue weighted by Gasteiger charge is 2.55. The molecule has 0 aliphatic heterocycles. The zero-order chi connectivity index (χ0) is 18.3. The van der Waals surface area contributed by atoms with E-state index in [2.05, 4.69) is 5.92 Å². The molecular weight excluding hydrogens is 324 g/mol. The lowest BCUT2D eigenvalue weighted by Gasteiger charge is -2.50.